The Kier molecular flexibility index (Phi) is 4.85. The van der Waals surface area contributed by atoms with Crippen LogP contribution in [-0.4, -0.2) is 22.6 Å². The molecule has 1 aliphatic rings. The van der Waals surface area contributed by atoms with Crippen molar-refractivity contribution in [2.75, 3.05) is 11.4 Å². The number of carbonyl (C=O) groups excluding carboxylic acids is 1. The Bertz CT molecular complexity index is 778. The lowest BCUT2D eigenvalue weighted by atomic mass is 10.1. The lowest BCUT2D eigenvalue weighted by Gasteiger charge is -2.22. The van der Waals surface area contributed by atoms with Crippen molar-refractivity contribution in [3.63, 3.8) is 0 Å². The van der Waals surface area contributed by atoms with Crippen LogP contribution in [0, 0.1) is 10.1 Å². The van der Waals surface area contributed by atoms with E-state index >= 15 is 0 Å². The van der Waals surface area contributed by atoms with Gasteiger partial charge in [0.05, 0.1) is 17.0 Å². The number of hydrogen-bond donors (Lipinski definition) is 0. The molecule has 1 heterocycles. The van der Waals surface area contributed by atoms with Gasteiger partial charge in [0.25, 0.3) is 5.69 Å². The lowest BCUT2D eigenvalue weighted by molar-refractivity contribution is -0.385. The van der Waals surface area contributed by atoms with Gasteiger partial charge >= 0.3 is 0 Å². The van der Waals surface area contributed by atoms with E-state index in [1.807, 2.05) is 24.3 Å². The van der Waals surface area contributed by atoms with Crippen LogP contribution in [-0.2, 0) is 11.2 Å². The zero-order chi connectivity index (χ0) is 17.1. The van der Waals surface area contributed by atoms with Crippen molar-refractivity contribution < 1.29 is 9.72 Å². The Morgan fingerprint density at radius 3 is 2.75 bits per heavy atom. The number of hydrogen-bond acceptors (Lipinski definition) is 4. The molecule has 0 saturated carbocycles. The molecule has 124 valence electrons. The van der Waals surface area contributed by atoms with Gasteiger partial charge in [0.15, 0.2) is 0 Å². The van der Waals surface area contributed by atoms with Crippen molar-refractivity contribution in [1.82, 2.24) is 0 Å². The molecule has 3 rings (SSSR count). The van der Waals surface area contributed by atoms with E-state index in [1.165, 1.54) is 6.07 Å². The van der Waals surface area contributed by atoms with E-state index < -0.39 is 4.92 Å². The minimum Gasteiger partial charge on any atom is -0.311 e. The summed E-state index contributed by atoms with van der Waals surface area (Å²) in [6, 6.07) is 14.3. The molecule has 1 aliphatic heterocycles. The first-order valence-electron chi connectivity index (χ1n) is 7.84. The van der Waals surface area contributed by atoms with Crippen LogP contribution in [0.1, 0.15) is 18.9 Å². The zero-order valence-electron chi connectivity index (χ0n) is 13.3. The van der Waals surface area contributed by atoms with Gasteiger partial charge in [0.2, 0.25) is 5.91 Å². The standard InChI is InChI=1S/C18H18N2O3S/c1-13-10-11-19(16-8-4-5-9-17(16)24-13)18(21)12-14-6-2-3-7-15(14)20(22)23/h2-9,13H,10-12H2,1H3. The van der Waals surface area contributed by atoms with Gasteiger partial charge in [-0.3, -0.25) is 14.9 Å². The van der Waals surface area contributed by atoms with Gasteiger partial charge in [-0.2, -0.15) is 0 Å². The second-order valence-corrected chi connectivity index (χ2v) is 7.27. The minimum atomic E-state index is -0.434. The van der Waals surface area contributed by atoms with Crippen LogP contribution in [0.25, 0.3) is 0 Å². The average molecular weight is 342 g/mol. The zero-order valence-corrected chi connectivity index (χ0v) is 14.2. The van der Waals surface area contributed by atoms with Gasteiger partial charge in [-0.05, 0) is 18.6 Å². The summed E-state index contributed by atoms with van der Waals surface area (Å²) in [6.07, 6.45) is 0.923. The number of benzene rings is 2. The van der Waals surface area contributed by atoms with Crippen molar-refractivity contribution in [3.8, 4) is 0 Å². The molecule has 0 bridgehead atoms. The Labute approximate surface area is 144 Å². The smallest absolute Gasteiger partial charge is 0.273 e. The maximum absolute atomic E-state index is 12.9. The number of nitro groups is 1. The number of carbonyl (C=O) groups is 1. The molecule has 0 fully saturated rings. The molecule has 1 amide bonds. The molecule has 0 N–H and O–H groups in total. The van der Waals surface area contributed by atoms with Crippen molar-refractivity contribution >= 4 is 29.0 Å². The molecule has 24 heavy (non-hydrogen) atoms. The fourth-order valence-corrected chi connectivity index (χ4v) is 3.96. The normalized spacial score (nSPS) is 17.0. The molecule has 2 aromatic rings. The Morgan fingerprint density at radius 1 is 1.25 bits per heavy atom. The topological polar surface area (TPSA) is 63.5 Å². The molecule has 5 nitrogen and oxygen atoms in total. The van der Waals surface area contributed by atoms with Gasteiger partial charge in [-0.1, -0.05) is 37.3 Å². The maximum atomic E-state index is 12.9. The summed E-state index contributed by atoms with van der Waals surface area (Å²) in [6.45, 7) is 2.78. The van der Waals surface area contributed by atoms with Crippen LogP contribution < -0.4 is 4.90 Å². The van der Waals surface area contributed by atoms with Crippen LogP contribution in [0.3, 0.4) is 0 Å². The number of anilines is 1. The molecule has 2 aromatic carbocycles. The molecule has 0 aliphatic carbocycles. The third-order valence-corrected chi connectivity index (χ3v) is 5.31. The summed E-state index contributed by atoms with van der Waals surface area (Å²) >= 11 is 1.77. The van der Waals surface area contributed by atoms with Crippen molar-refractivity contribution in [2.45, 2.75) is 29.9 Å². The maximum Gasteiger partial charge on any atom is 0.273 e. The minimum absolute atomic E-state index is 0.00306. The largest absolute Gasteiger partial charge is 0.311 e. The highest BCUT2D eigenvalue weighted by Gasteiger charge is 2.25. The Balaban J connectivity index is 1.89. The van der Waals surface area contributed by atoms with Crippen molar-refractivity contribution in [1.29, 1.82) is 0 Å². The van der Waals surface area contributed by atoms with Gasteiger partial charge in [-0.15, -0.1) is 11.8 Å². The number of nitrogens with zero attached hydrogens (tertiary/aromatic N) is 2. The number of amides is 1. The molecule has 1 atom stereocenters. The molecule has 6 heteroatoms. The summed E-state index contributed by atoms with van der Waals surface area (Å²) < 4.78 is 0. The predicted octanol–water partition coefficient (Wildman–Crippen LogP) is 4.05. The van der Waals surface area contributed by atoms with Crippen molar-refractivity contribution in [3.05, 3.63) is 64.2 Å². The fourth-order valence-electron chi connectivity index (χ4n) is 2.84. The molecular weight excluding hydrogens is 324 g/mol. The highest BCUT2D eigenvalue weighted by Crippen LogP contribution is 2.37. The lowest BCUT2D eigenvalue weighted by Crippen LogP contribution is -2.33. The highest BCUT2D eigenvalue weighted by atomic mass is 32.2. The Morgan fingerprint density at radius 2 is 1.96 bits per heavy atom. The number of fused-ring (bicyclic) bond motifs is 1. The van der Waals surface area contributed by atoms with Crippen LogP contribution in [0.15, 0.2) is 53.4 Å². The first kappa shape index (κ1) is 16.5. The van der Waals surface area contributed by atoms with E-state index in [9.17, 15) is 14.9 Å². The summed E-state index contributed by atoms with van der Waals surface area (Å²) in [5.74, 6) is -0.105. The molecular formula is C18H18N2O3S. The first-order valence-corrected chi connectivity index (χ1v) is 8.72. The number of para-hydroxylation sites is 2. The average Bonchev–Trinajstić information content (AvgIpc) is 2.73. The highest BCUT2D eigenvalue weighted by molar-refractivity contribution is 8.00. The SMILES string of the molecule is CC1CCN(C(=O)Cc2ccccc2[N+](=O)[O-])c2ccccc2S1. The van der Waals surface area contributed by atoms with Gasteiger partial charge in [0, 0.05) is 28.3 Å². The van der Waals surface area contributed by atoms with Crippen LogP contribution in [0.5, 0.6) is 0 Å². The van der Waals surface area contributed by atoms with Crippen LogP contribution in [0.4, 0.5) is 11.4 Å². The molecule has 1 unspecified atom stereocenters. The van der Waals surface area contributed by atoms with Gasteiger partial charge < -0.3 is 4.90 Å². The van der Waals surface area contributed by atoms with Crippen LogP contribution >= 0.6 is 11.8 Å². The summed E-state index contributed by atoms with van der Waals surface area (Å²) in [4.78, 5) is 26.4. The number of rotatable bonds is 3. The second-order valence-electron chi connectivity index (χ2n) is 5.79. The third kappa shape index (κ3) is 3.43. The molecule has 0 saturated heterocycles. The number of thioether (sulfide) groups is 1. The monoisotopic (exact) mass is 342 g/mol. The quantitative estimate of drug-likeness (QED) is 0.623. The molecule has 0 spiro atoms. The third-order valence-electron chi connectivity index (χ3n) is 4.07. The van der Waals surface area contributed by atoms with E-state index in [1.54, 1.807) is 34.9 Å². The van der Waals surface area contributed by atoms with E-state index in [2.05, 4.69) is 6.92 Å². The summed E-state index contributed by atoms with van der Waals surface area (Å²) in [5, 5.41) is 11.6. The summed E-state index contributed by atoms with van der Waals surface area (Å²) in [7, 11) is 0. The van der Waals surface area contributed by atoms with E-state index in [-0.39, 0.29) is 18.0 Å². The van der Waals surface area contributed by atoms with Gasteiger partial charge in [-0.25, -0.2) is 0 Å². The fraction of sp³-hybridized carbons (Fsp3) is 0.278. The van der Waals surface area contributed by atoms with Gasteiger partial charge in [0.1, 0.15) is 0 Å². The molecule has 0 aromatic heterocycles. The van der Waals surface area contributed by atoms with Crippen LogP contribution in [0.2, 0.25) is 0 Å². The predicted molar refractivity (Wildman–Crippen MR) is 95.5 cm³/mol. The Hall–Kier alpha value is -2.34. The first-order chi connectivity index (χ1) is 11.6. The van der Waals surface area contributed by atoms with E-state index in [0.29, 0.717) is 17.4 Å². The molecule has 0 radical (unpaired) electrons. The second kappa shape index (κ2) is 7.05. The van der Waals surface area contributed by atoms with Crippen molar-refractivity contribution in [2.24, 2.45) is 0 Å². The van der Waals surface area contributed by atoms with E-state index in [0.717, 1.165) is 17.0 Å². The van der Waals surface area contributed by atoms with E-state index in [4.69, 9.17) is 0 Å². The summed E-state index contributed by atoms with van der Waals surface area (Å²) in [5.41, 5.74) is 1.35. The number of nitro benzene ring substituents is 1.